The number of methoxy groups -OCH3 is 1. The average molecular weight is 374 g/mol. The van der Waals surface area contributed by atoms with Crippen LogP contribution >= 0.6 is 0 Å². The summed E-state index contributed by atoms with van der Waals surface area (Å²) in [6, 6.07) is 7.29. The summed E-state index contributed by atoms with van der Waals surface area (Å²) in [5.74, 6) is -0.794. The van der Waals surface area contributed by atoms with Crippen molar-refractivity contribution in [1.29, 1.82) is 0 Å². The normalized spacial score (nSPS) is 14.0. The molecule has 7 heteroatoms. The summed E-state index contributed by atoms with van der Waals surface area (Å²) in [6.45, 7) is 0. The van der Waals surface area contributed by atoms with Gasteiger partial charge in [0.05, 0.1) is 17.6 Å². The van der Waals surface area contributed by atoms with Crippen LogP contribution in [0.3, 0.4) is 0 Å². The molecule has 136 valence electrons. The molecule has 1 N–H and O–H groups in total. The van der Waals surface area contributed by atoms with Gasteiger partial charge in [-0.3, -0.25) is 4.79 Å². The smallest absolute Gasteiger partial charge is 0.339 e. The number of hydrogen-bond donors (Lipinski definition) is 1. The zero-order valence-electron chi connectivity index (χ0n) is 14.4. The molecular weight excluding hydrogens is 356 g/mol. The molecule has 3 rings (SSSR count). The minimum atomic E-state index is -3.71. The number of esters is 1. The number of phenolic OH excluding ortho intramolecular Hbond substituents is 1. The van der Waals surface area contributed by atoms with E-state index in [9.17, 15) is 23.1 Å². The number of phenols is 1. The Morgan fingerprint density at radius 2 is 1.88 bits per heavy atom. The van der Waals surface area contributed by atoms with Crippen LogP contribution in [-0.4, -0.2) is 38.6 Å². The Balaban J connectivity index is 2.28. The first kappa shape index (κ1) is 18.1. The molecule has 0 amide bonds. The summed E-state index contributed by atoms with van der Waals surface area (Å²) in [7, 11) is -2.54. The maximum atomic E-state index is 12.2. The van der Waals surface area contributed by atoms with Crippen LogP contribution in [0.5, 0.6) is 5.75 Å². The molecule has 6 nitrogen and oxygen atoms in total. The number of Topliss-reactive ketones (excluding diaryl/α,β-unsaturated/α-hetero) is 1. The van der Waals surface area contributed by atoms with Gasteiger partial charge in [0.2, 0.25) is 0 Å². The Morgan fingerprint density at radius 3 is 2.54 bits per heavy atom. The van der Waals surface area contributed by atoms with E-state index in [1.807, 2.05) is 0 Å². The number of ether oxygens (including phenoxy) is 1. The Labute approximate surface area is 151 Å². The molecule has 0 aliphatic heterocycles. The Kier molecular flexibility index (Phi) is 4.58. The second kappa shape index (κ2) is 6.57. The molecule has 1 aliphatic carbocycles. The summed E-state index contributed by atoms with van der Waals surface area (Å²) >= 11 is 0. The number of rotatable bonds is 3. The molecule has 26 heavy (non-hydrogen) atoms. The van der Waals surface area contributed by atoms with E-state index >= 15 is 0 Å². The molecule has 0 fully saturated rings. The van der Waals surface area contributed by atoms with Crippen molar-refractivity contribution >= 4 is 21.6 Å². The van der Waals surface area contributed by atoms with Crippen molar-refractivity contribution in [1.82, 2.24) is 0 Å². The van der Waals surface area contributed by atoms with Crippen LogP contribution in [0.1, 0.15) is 39.1 Å². The van der Waals surface area contributed by atoms with Gasteiger partial charge in [-0.05, 0) is 48.2 Å². The number of aromatic hydroxyl groups is 1. The van der Waals surface area contributed by atoms with Gasteiger partial charge in [-0.25, -0.2) is 13.2 Å². The first-order chi connectivity index (χ1) is 12.2. The molecule has 0 spiro atoms. The topological polar surface area (TPSA) is 97.7 Å². The van der Waals surface area contributed by atoms with E-state index in [1.165, 1.54) is 25.3 Å². The third kappa shape index (κ3) is 3.10. The molecule has 0 bridgehead atoms. The average Bonchev–Trinajstić information content (AvgIpc) is 2.60. The third-order valence-electron chi connectivity index (χ3n) is 4.50. The van der Waals surface area contributed by atoms with Gasteiger partial charge in [0.15, 0.2) is 15.6 Å². The van der Waals surface area contributed by atoms with Gasteiger partial charge in [0.1, 0.15) is 5.75 Å². The van der Waals surface area contributed by atoms with Crippen molar-refractivity contribution in [3.05, 3.63) is 47.0 Å². The van der Waals surface area contributed by atoms with E-state index in [2.05, 4.69) is 4.74 Å². The highest BCUT2D eigenvalue weighted by molar-refractivity contribution is 7.90. The van der Waals surface area contributed by atoms with Gasteiger partial charge in [-0.2, -0.15) is 0 Å². The van der Waals surface area contributed by atoms with Crippen molar-refractivity contribution in [3.63, 3.8) is 0 Å². The summed E-state index contributed by atoms with van der Waals surface area (Å²) in [5, 5.41) is 10.4. The standard InChI is InChI=1S/C19H18O6S/c1-25-19(22)14-7-6-11(10-17(14)26(2,23)24)18-13-4-3-5-15(20)12(13)8-9-16(18)21/h6-10,21H,3-5H2,1-2H3. The zero-order valence-corrected chi connectivity index (χ0v) is 15.2. The van der Waals surface area contributed by atoms with Gasteiger partial charge < -0.3 is 9.84 Å². The number of benzene rings is 2. The molecule has 0 saturated heterocycles. The Bertz CT molecular complexity index is 1020. The van der Waals surface area contributed by atoms with E-state index in [-0.39, 0.29) is 22.0 Å². The summed E-state index contributed by atoms with van der Waals surface area (Å²) in [6.07, 6.45) is 2.73. The van der Waals surface area contributed by atoms with Crippen LogP contribution < -0.4 is 0 Å². The number of hydrogen-bond acceptors (Lipinski definition) is 6. The minimum absolute atomic E-state index is 0.00187. The highest BCUT2D eigenvalue weighted by Gasteiger charge is 2.25. The third-order valence-corrected chi connectivity index (χ3v) is 5.63. The number of sulfone groups is 1. The van der Waals surface area contributed by atoms with Crippen molar-refractivity contribution in [2.45, 2.75) is 24.2 Å². The molecule has 0 unspecified atom stereocenters. The van der Waals surface area contributed by atoms with Crippen LogP contribution in [0.25, 0.3) is 11.1 Å². The first-order valence-corrected chi connectivity index (χ1v) is 9.94. The van der Waals surface area contributed by atoms with E-state index in [0.717, 1.165) is 6.26 Å². The van der Waals surface area contributed by atoms with Crippen LogP contribution in [0, 0.1) is 0 Å². The van der Waals surface area contributed by atoms with Gasteiger partial charge in [-0.15, -0.1) is 0 Å². The fourth-order valence-corrected chi connectivity index (χ4v) is 4.19. The molecule has 0 aromatic heterocycles. The van der Waals surface area contributed by atoms with Crippen molar-refractivity contribution in [2.75, 3.05) is 13.4 Å². The molecule has 1 aliphatic rings. The lowest BCUT2D eigenvalue weighted by Gasteiger charge is -2.20. The number of fused-ring (bicyclic) bond motifs is 1. The predicted octanol–water partition coefficient (Wildman–Crippen LogP) is 2.77. The SMILES string of the molecule is COC(=O)c1ccc(-c2c(O)ccc3c2CCCC3=O)cc1S(C)(=O)=O. The predicted molar refractivity (Wildman–Crippen MR) is 95.3 cm³/mol. The second-order valence-corrected chi connectivity index (χ2v) is 8.22. The van der Waals surface area contributed by atoms with Crippen molar-refractivity contribution in [2.24, 2.45) is 0 Å². The molecule has 2 aromatic carbocycles. The lowest BCUT2D eigenvalue weighted by Crippen LogP contribution is -2.13. The van der Waals surface area contributed by atoms with E-state index in [4.69, 9.17) is 0 Å². The lowest BCUT2D eigenvalue weighted by molar-refractivity contribution is 0.0596. The van der Waals surface area contributed by atoms with Gasteiger partial charge in [-0.1, -0.05) is 6.07 Å². The number of carbonyl (C=O) groups excluding carboxylic acids is 2. The Hall–Kier alpha value is -2.67. The van der Waals surface area contributed by atoms with Crippen molar-refractivity contribution in [3.8, 4) is 16.9 Å². The van der Waals surface area contributed by atoms with Gasteiger partial charge >= 0.3 is 5.97 Å². The molecular formula is C19H18O6S. The first-order valence-electron chi connectivity index (χ1n) is 8.05. The summed E-state index contributed by atoms with van der Waals surface area (Å²) in [5.41, 5.74) is 2.03. The minimum Gasteiger partial charge on any atom is -0.507 e. The Morgan fingerprint density at radius 1 is 1.15 bits per heavy atom. The zero-order chi connectivity index (χ0) is 19.1. The van der Waals surface area contributed by atoms with Crippen LogP contribution in [0.15, 0.2) is 35.2 Å². The van der Waals surface area contributed by atoms with E-state index in [0.29, 0.717) is 41.5 Å². The molecule has 0 radical (unpaired) electrons. The van der Waals surface area contributed by atoms with Crippen molar-refractivity contribution < 1.29 is 27.9 Å². The fraction of sp³-hybridized carbons (Fsp3) is 0.263. The van der Waals surface area contributed by atoms with E-state index < -0.39 is 15.8 Å². The van der Waals surface area contributed by atoms with Crippen LogP contribution in [0.2, 0.25) is 0 Å². The number of carbonyl (C=O) groups is 2. The van der Waals surface area contributed by atoms with Gasteiger partial charge in [0.25, 0.3) is 0 Å². The van der Waals surface area contributed by atoms with Gasteiger partial charge in [0, 0.05) is 23.8 Å². The largest absolute Gasteiger partial charge is 0.507 e. The highest BCUT2D eigenvalue weighted by Crippen LogP contribution is 2.39. The monoisotopic (exact) mass is 374 g/mol. The summed E-state index contributed by atoms with van der Waals surface area (Å²) < 4.78 is 29.0. The molecule has 2 aromatic rings. The molecule has 0 heterocycles. The van der Waals surface area contributed by atoms with Crippen LogP contribution in [0.4, 0.5) is 0 Å². The maximum absolute atomic E-state index is 12.2. The van der Waals surface area contributed by atoms with Crippen LogP contribution in [-0.2, 0) is 21.0 Å². The number of ketones is 1. The maximum Gasteiger partial charge on any atom is 0.339 e. The molecule has 0 atom stereocenters. The highest BCUT2D eigenvalue weighted by atomic mass is 32.2. The second-order valence-electron chi connectivity index (χ2n) is 6.24. The lowest BCUT2D eigenvalue weighted by atomic mass is 9.84. The molecule has 0 saturated carbocycles. The fourth-order valence-electron chi connectivity index (χ4n) is 3.30. The summed E-state index contributed by atoms with van der Waals surface area (Å²) in [4.78, 5) is 23.9. The van der Waals surface area contributed by atoms with E-state index in [1.54, 1.807) is 12.1 Å². The quantitative estimate of drug-likeness (QED) is 0.830.